The normalized spacial score (nSPS) is 13.4. The minimum Gasteiger partial charge on any atom is -0.311 e. The minimum absolute atomic E-state index is 0.0646. The van der Waals surface area contributed by atoms with Gasteiger partial charge in [-0.3, -0.25) is 0 Å². The molecule has 1 heteroatoms. The Hall–Kier alpha value is -9.30. The Bertz CT molecular complexity index is 4070. The average Bonchev–Trinajstić information content (AvgIpc) is 3.92. The lowest BCUT2D eigenvalue weighted by Gasteiger charge is -2.34. The molecule has 0 radical (unpaired) electrons. The third-order valence-electron chi connectivity index (χ3n) is 16.4. The first-order valence-electron chi connectivity index (χ1n) is 26.2. The number of benzene rings is 12. The molecular weight excluding hydrogens is 903 g/mol. The Labute approximate surface area is 440 Å². The second-order valence-corrected chi connectivity index (χ2v) is 20.8. The number of hydrogen-bond donors (Lipinski definition) is 0. The molecule has 0 aliphatic heterocycles. The highest BCUT2D eigenvalue weighted by Gasteiger charge is 2.46. The van der Waals surface area contributed by atoms with Crippen molar-refractivity contribution in [2.45, 2.75) is 24.7 Å². The van der Waals surface area contributed by atoms with E-state index in [2.05, 4.69) is 304 Å². The fourth-order valence-electron chi connectivity index (χ4n) is 12.7. The summed E-state index contributed by atoms with van der Waals surface area (Å²) in [6, 6.07) is 106. The standard InChI is InChI=1S/C74H53N/c1-73(2)68-28-13-11-25-65(68)66-46-39-58(49-71(66)73)52-35-42-62(43-36-52)75(61-40-33-51(34-41-61)55-19-15-20-56(47-55)57-32-31-50-17-9-10-18-54(50)48-57)63-44-37-53(38-45-63)64-27-16-30-70-72(64)67-26-12-14-29-69(67)74(70,59-21-5-3-6-22-59)60-23-7-4-8-24-60/h3-49H,1-2H3. The van der Waals surface area contributed by atoms with E-state index >= 15 is 0 Å². The van der Waals surface area contributed by atoms with Crippen molar-refractivity contribution >= 4 is 27.8 Å². The lowest BCUT2D eigenvalue weighted by Crippen LogP contribution is -2.28. The molecule has 2 aliphatic rings. The zero-order valence-electron chi connectivity index (χ0n) is 42.1. The Morgan fingerprint density at radius 1 is 0.253 bits per heavy atom. The number of anilines is 3. The predicted octanol–water partition coefficient (Wildman–Crippen LogP) is 19.6. The Morgan fingerprint density at radius 2 is 0.693 bits per heavy atom. The lowest BCUT2D eigenvalue weighted by molar-refractivity contribution is 0.660. The van der Waals surface area contributed by atoms with Crippen molar-refractivity contribution in [3.63, 3.8) is 0 Å². The van der Waals surface area contributed by atoms with E-state index in [4.69, 9.17) is 0 Å². The first-order chi connectivity index (χ1) is 36.9. The average molecular weight is 956 g/mol. The van der Waals surface area contributed by atoms with Crippen molar-refractivity contribution in [2.24, 2.45) is 0 Å². The molecule has 0 bridgehead atoms. The van der Waals surface area contributed by atoms with E-state index in [1.165, 1.54) is 111 Å². The molecule has 14 rings (SSSR count). The quantitative estimate of drug-likeness (QED) is 0.139. The van der Waals surface area contributed by atoms with Gasteiger partial charge in [-0.2, -0.15) is 0 Å². The van der Waals surface area contributed by atoms with Crippen LogP contribution in [-0.4, -0.2) is 0 Å². The number of hydrogen-bond acceptors (Lipinski definition) is 1. The second kappa shape index (κ2) is 17.7. The van der Waals surface area contributed by atoms with Crippen molar-refractivity contribution < 1.29 is 0 Å². The highest BCUT2D eigenvalue weighted by atomic mass is 15.1. The van der Waals surface area contributed by atoms with Gasteiger partial charge in [0.05, 0.1) is 5.41 Å². The number of rotatable bonds is 9. The molecule has 354 valence electrons. The van der Waals surface area contributed by atoms with E-state index in [0.717, 1.165) is 17.1 Å². The van der Waals surface area contributed by atoms with Gasteiger partial charge in [0.2, 0.25) is 0 Å². The van der Waals surface area contributed by atoms with Gasteiger partial charge in [-0.25, -0.2) is 0 Å². The smallest absolute Gasteiger partial charge is 0.0713 e. The molecule has 0 saturated heterocycles. The molecular formula is C74H53N. The Kier molecular flexibility index (Phi) is 10.5. The van der Waals surface area contributed by atoms with Gasteiger partial charge in [-0.05, 0) is 166 Å². The van der Waals surface area contributed by atoms with Gasteiger partial charge in [0.15, 0.2) is 0 Å². The second-order valence-electron chi connectivity index (χ2n) is 20.8. The van der Waals surface area contributed by atoms with Gasteiger partial charge in [0.25, 0.3) is 0 Å². The van der Waals surface area contributed by atoms with Crippen LogP contribution in [0.5, 0.6) is 0 Å². The minimum atomic E-state index is -0.460. The van der Waals surface area contributed by atoms with E-state index < -0.39 is 5.41 Å². The highest BCUT2D eigenvalue weighted by molar-refractivity contribution is 5.96. The summed E-state index contributed by atoms with van der Waals surface area (Å²) in [6.07, 6.45) is 0. The third kappa shape index (κ3) is 7.22. The summed E-state index contributed by atoms with van der Waals surface area (Å²) < 4.78 is 0. The van der Waals surface area contributed by atoms with Crippen molar-refractivity contribution in [2.75, 3.05) is 4.90 Å². The molecule has 0 heterocycles. The summed E-state index contributed by atoms with van der Waals surface area (Å²) in [4.78, 5) is 2.39. The molecule has 75 heavy (non-hydrogen) atoms. The molecule has 0 fully saturated rings. The molecule has 0 spiro atoms. The zero-order valence-corrected chi connectivity index (χ0v) is 42.1. The molecule has 0 amide bonds. The molecule has 1 nitrogen and oxygen atoms in total. The van der Waals surface area contributed by atoms with Gasteiger partial charge >= 0.3 is 0 Å². The van der Waals surface area contributed by atoms with Gasteiger partial charge < -0.3 is 4.90 Å². The summed E-state index contributed by atoms with van der Waals surface area (Å²) in [6.45, 7) is 4.71. The van der Waals surface area contributed by atoms with Crippen LogP contribution in [0.3, 0.4) is 0 Å². The van der Waals surface area contributed by atoms with Crippen LogP contribution < -0.4 is 4.90 Å². The molecule has 12 aromatic rings. The van der Waals surface area contributed by atoms with E-state index in [1.807, 2.05) is 0 Å². The van der Waals surface area contributed by atoms with Crippen LogP contribution in [-0.2, 0) is 10.8 Å². The van der Waals surface area contributed by atoms with E-state index in [1.54, 1.807) is 0 Å². The SMILES string of the molecule is CC1(C)c2ccccc2-c2ccc(-c3ccc(N(c4ccc(-c5cccc(-c6ccc7ccccc7c6)c5)cc4)c4ccc(-c5cccc6c5-c5ccccc5C6(c5ccccc5)c5ccccc5)cc4)cc3)cc21. The zero-order chi connectivity index (χ0) is 50.1. The van der Waals surface area contributed by atoms with Crippen LogP contribution in [0.15, 0.2) is 285 Å². The van der Waals surface area contributed by atoms with Gasteiger partial charge in [-0.15, -0.1) is 0 Å². The van der Waals surface area contributed by atoms with Gasteiger partial charge in [-0.1, -0.05) is 244 Å². The van der Waals surface area contributed by atoms with Crippen LogP contribution in [0.4, 0.5) is 17.1 Å². The maximum absolute atomic E-state index is 2.41. The van der Waals surface area contributed by atoms with E-state index in [0.29, 0.717) is 0 Å². The van der Waals surface area contributed by atoms with Crippen molar-refractivity contribution in [1.82, 2.24) is 0 Å². The lowest BCUT2D eigenvalue weighted by atomic mass is 9.67. The van der Waals surface area contributed by atoms with Gasteiger partial charge in [0.1, 0.15) is 0 Å². The summed E-state index contributed by atoms with van der Waals surface area (Å²) in [7, 11) is 0. The summed E-state index contributed by atoms with van der Waals surface area (Å²) in [5, 5.41) is 2.50. The fraction of sp³-hybridized carbons (Fsp3) is 0.0541. The van der Waals surface area contributed by atoms with Gasteiger partial charge in [0, 0.05) is 22.5 Å². The Balaban J connectivity index is 0.854. The van der Waals surface area contributed by atoms with Crippen molar-refractivity contribution in [3.05, 3.63) is 318 Å². The largest absolute Gasteiger partial charge is 0.311 e. The fourth-order valence-corrected chi connectivity index (χ4v) is 12.7. The number of fused-ring (bicyclic) bond motifs is 7. The molecule has 12 aromatic carbocycles. The summed E-state index contributed by atoms with van der Waals surface area (Å²) in [5.41, 5.74) is 25.6. The summed E-state index contributed by atoms with van der Waals surface area (Å²) in [5.74, 6) is 0. The molecule has 0 atom stereocenters. The maximum atomic E-state index is 2.41. The van der Waals surface area contributed by atoms with E-state index in [9.17, 15) is 0 Å². The van der Waals surface area contributed by atoms with Crippen molar-refractivity contribution in [1.29, 1.82) is 0 Å². The van der Waals surface area contributed by atoms with Crippen LogP contribution in [0, 0.1) is 0 Å². The highest BCUT2D eigenvalue weighted by Crippen LogP contribution is 2.58. The summed E-state index contributed by atoms with van der Waals surface area (Å²) >= 11 is 0. The molecule has 0 unspecified atom stereocenters. The van der Waals surface area contributed by atoms with Crippen LogP contribution in [0.1, 0.15) is 47.2 Å². The van der Waals surface area contributed by atoms with Crippen LogP contribution in [0.25, 0.3) is 77.5 Å². The molecule has 2 aliphatic carbocycles. The third-order valence-corrected chi connectivity index (χ3v) is 16.4. The predicted molar refractivity (Wildman–Crippen MR) is 315 cm³/mol. The molecule has 0 saturated carbocycles. The Morgan fingerprint density at radius 3 is 1.35 bits per heavy atom. The van der Waals surface area contributed by atoms with Crippen LogP contribution >= 0.6 is 0 Å². The maximum Gasteiger partial charge on any atom is 0.0713 e. The topological polar surface area (TPSA) is 3.24 Å². The number of nitrogens with zero attached hydrogens (tertiary/aromatic N) is 1. The van der Waals surface area contributed by atoms with Crippen LogP contribution in [0.2, 0.25) is 0 Å². The van der Waals surface area contributed by atoms with E-state index in [-0.39, 0.29) is 5.41 Å². The first-order valence-corrected chi connectivity index (χ1v) is 26.2. The first kappa shape index (κ1) is 44.4. The monoisotopic (exact) mass is 955 g/mol. The van der Waals surface area contributed by atoms with Crippen molar-refractivity contribution in [3.8, 4) is 66.8 Å². The molecule has 0 N–H and O–H groups in total. The molecule has 0 aromatic heterocycles.